The first-order chi connectivity index (χ1) is 6.73. The van der Waals surface area contributed by atoms with Gasteiger partial charge in [-0.05, 0) is 33.2 Å². The minimum absolute atomic E-state index is 0.208. The molecule has 2 heteroatoms. The average molecular weight is 212 g/mol. The van der Waals surface area contributed by atoms with Gasteiger partial charge in [-0.15, -0.1) is 6.58 Å². The highest BCUT2D eigenvalue weighted by Crippen LogP contribution is 2.22. The standard InChI is InChI=1S/C13H28N2/c1-8-9-15(12(2,3)4)11-13(5,6)10-14-7/h8,14H,1,9-11H2,2-7H3. The topological polar surface area (TPSA) is 15.3 Å². The first-order valence-electron chi connectivity index (χ1n) is 5.73. The van der Waals surface area contributed by atoms with Crippen molar-refractivity contribution >= 4 is 0 Å². The van der Waals surface area contributed by atoms with E-state index in [2.05, 4.69) is 51.4 Å². The van der Waals surface area contributed by atoms with Crippen molar-refractivity contribution in [2.75, 3.05) is 26.7 Å². The molecule has 1 N–H and O–H groups in total. The Morgan fingerprint density at radius 3 is 2.07 bits per heavy atom. The third kappa shape index (κ3) is 5.95. The van der Waals surface area contributed by atoms with Crippen LogP contribution in [0.2, 0.25) is 0 Å². The Morgan fingerprint density at radius 2 is 1.73 bits per heavy atom. The van der Waals surface area contributed by atoms with E-state index in [4.69, 9.17) is 0 Å². The molecule has 2 nitrogen and oxygen atoms in total. The molecular formula is C13H28N2. The summed E-state index contributed by atoms with van der Waals surface area (Å²) < 4.78 is 0. The lowest BCUT2D eigenvalue weighted by Crippen LogP contribution is -2.48. The van der Waals surface area contributed by atoms with Crippen molar-refractivity contribution in [3.05, 3.63) is 12.7 Å². The Kier molecular flexibility index (Phi) is 5.54. The van der Waals surface area contributed by atoms with Gasteiger partial charge in [0.05, 0.1) is 0 Å². The number of nitrogens with one attached hydrogen (secondary N) is 1. The van der Waals surface area contributed by atoms with Gasteiger partial charge in [-0.1, -0.05) is 19.9 Å². The zero-order valence-electron chi connectivity index (χ0n) is 11.4. The van der Waals surface area contributed by atoms with Crippen LogP contribution in [0.25, 0.3) is 0 Å². The largest absolute Gasteiger partial charge is 0.319 e. The fourth-order valence-electron chi connectivity index (χ4n) is 1.78. The third-order valence-electron chi connectivity index (χ3n) is 2.57. The minimum Gasteiger partial charge on any atom is -0.319 e. The highest BCUT2D eigenvalue weighted by Gasteiger charge is 2.27. The van der Waals surface area contributed by atoms with E-state index >= 15 is 0 Å². The van der Waals surface area contributed by atoms with Crippen molar-refractivity contribution in [2.45, 2.75) is 40.2 Å². The lowest BCUT2D eigenvalue weighted by molar-refractivity contribution is 0.0980. The number of nitrogens with zero attached hydrogens (tertiary/aromatic N) is 1. The molecule has 90 valence electrons. The molecule has 0 aliphatic rings. The van der Waals surface area contributed by atoms with Crippen LogP contribution in [0.5, 0.6) is 0 Å². The fourth-order valence-corrected chi connectivity index (χ4v) is 1.78. The van der Waals surface area contributed by atoms with Crippen LogP contribution in [0.1, 0.15) is 34.6 Å². The van der Waals surface area contributed by atoms with Gasteiger partial charge in [0.15, 0.2) is 0 Å². The number of hydrogen-bond acceptors (Lipinski definition) is 2. The summed E-state index contributed by atoms with van der Waals surface area (Å²) in [4.78, 5) is 2.47. The maximum Gasteiger partial charge on any atom is 0.0166 e. The second-order valence-electron chi connectivity index (χ2n) is 6.03. The molecule has 0 rings (SSSR count). The molecule has 0 aliphatic heterocycles. The van der Waals surface area contributed by atoms with Crippen LogP contribution < -0.4 is 5.32 Å². The normalized spacial score (nSPS) is 13.3. The smallest absolute Gasteiger partial charge is 0.0166 e. The predicted molar refractivity (Wildman–Crippen MR) is 69.2 cm³/mol. The molecule has 0 bridgehead atoms. The molecule has 0 aromatic rings. The summed E-state index contributed by atoms with van der Waals surface area (Å²) in [5.41, 5.74) is 0.504. The first kappa shape index (κ1) is 14.7. The summed E-state index contributed by atoms with van der Waals surface area (Å²) in [6, 6.07) is 0. The molecule has 15 heavy (non-hydrogen) atoms. The lowest BCUT2D eigenvalue weighted by atomic mass is 9.90. The SMILES string of the molecule is C=CCN(CC(C)(C)CNC)C(C)(C)C. The van der Waals surface area contributed by atoms with E-state index in [1.54, 1.807) is 0 Å². The van der Waals surface area contributed by atoms with Gasteiger partial charge < -0.3 is 5.32 Å². The van der Waals surface area contributed by atoms with E-state index in [1.165, 1.54) is 0 Å². The van der Waals surface area contributed by atoms with Crippen molar-refractivity contribution in [2.24, 2.45) is 5.41 Å². The minimum atomic E-state index is 0.208. The van der Waals surface area contributed by atoms with Crippen molar-refractivity contribution < 1.29 is 0 Å². The molecule has 0 unspecified atom stereocenters. The van der Waals surface area contributed by atoms with E-state index in [0.29, 0.717) is 5.41 Å². The molecule has 0 fully saturated rings. The zero-order chi connectivity index (χ0) is 12.1. The Bertz CT molecular complexity index is 189. The molecule has 0 aromatic carbocycles. The van der Waals surface area contributed by atoms with Crippen LogP contribution in [-0.2, 0) is 0 Å². The molecule has 0 spiro atoms. The molecule has 0 saturated heterocycles. The van der Waals surface area contributed by atoms with Crippen LogP contribution in [0.3, 0.4) is 0 Å². The Balaban J connectivity index is 4.46. The second kappa shape index (κ2) is 5.66. The average Bonchev–Trinajstić information content (AvgIpc) is 2.01. The van der Waals surface area contributed by atoms with E-state index in [0.717, 1.165) is 19.6 Å². The predicted octanol–water partition coefficient (Wildman–Crippen LogP) is 2.52. The van der Waals surface area contributed by atoms with Gasteiger partial charge in [0.2, 0.25) is 0 Å². The van der Waals surface area contributed by atoms with Gasteiger partial charge in [0, 0.05) is 25.2 Å². The molecule has 0 saturated carbocycles. The van der Waals surface area contributed by atoms with Crippen LogP contribution in [0.15, 0.2) is 12.7 Å². The quantitative estimate of drug-likeness (QED) is 0.681. The van der Waals surface area contributed by atoms with Gasteiger partial charge >= 0.3 is 0 Å². The summed E-state index contributed by atoms with van der Waals surface area (Å²) in [5, 5.41) is 3.25. The highest BCUT2D eigenvalue weighted by atomic mass is 15.2. The monoisotopic (exact) mass is 212 g/mol. The van der Waals surface area contributed by atoms with Crippen LogP contribution in [-0.4, -0.2) is 37.1 Å². The van der Waals surface area contributed by atoms with Crippen LogP contribution in [0.4, 0.5) is 0 Å². The number of rotatable bonds is 6. The summed E-state index contributed by atoms with van der Waals surface area (Å²) >= 11 is 0. The van der Waals surface area contributed by atoms with Crippen molar-refractivity contribution in [1.82, 2.24) is 10.2 Å². The van der Waals surface area contributed by atoms with Gasteiger partial charge in [0.1, 0.15) is 0 Å². The van der Waals surface area contributed by atoms with E-state index in [1.807, 2.05) is 13.1 Å². The van der Waals surface area contributed by atoms with Crippen molar-refractivity contribution in [1.29, 1.82) is 0 Å². The maximum atomic E-state index is 3.83. The van der Waals surface area contributed by atoms with Crippen LogP contribution in [0, 0.1) is 5.41 Å². The maximum absolute atomic E-state index is 3.83. The molecular weight excluding hydrogens is 184 g/mol. The Hall–Kier alpha value is -0.340. The summed E-state index contributed by atoms with van der Waals surface area (Å²) in [5.74, 6) is 0. The Morgan fingerprint density at radius 1 is 1.20 bits per heavy atom. The summed E-state index contributed by atoms with van der Waals surface area (Å²) in [6.45, 7) is 18.3. The van der Waals surface area contributed by atoms with E-state index in [9.17, 15) is 0 Å². The zero-order valence-corrected chi connectivity index (χ0v) is 11.4. The van der Waals surface area contributed by atoms with Crippen molar-refractivity contribution in [3.8, 4) is 0 Å². The van der Waals surface area contributed by atoms with Gasteiger partial charge in [-0.25, -0.2) is 0 Å². The number of hydrogen-bond donors (Lipinski definition) is 1. The molecule has 0 aliphatic carbocycles. The highest BCUT2D eigenvalue weighted by molar-refractivity contribution is 4.87. The summed E-state index contributed by atoms with van der Waals surface area (Å²) in [7, 11) is 2.01. The summed E-state index contributed by atoms with van der Waals surface area (Å²) in [6.07, 6.45) is 1.99. The Labute approximate surface area is 95.7 Å². The molecule has 0 amide bonds. The van der Waals surface area contributed by atoms with Crippen LogP contribution >= 0.6 is 0 Å². The van der Waals surface area contributed by atoms with E-state index < -0.39 is 0 Å². The molecule has 0 heterocycles. The van der Waals surface area contributed by atoms with Gasteiger partial charge in [-0.3, -0.25) is 4.90 Å². The molecule has 0 aromatic heterocycles. The van der Waals surface area contributed by atoms with Gasteiger partial charge in [-0.2, -0.15) is 0 Å². The lowest BCUT2D eigenvalue weighted by Gasteiger charge is -2.40. The van der Waals surface area contributed by atoms with E-state index in [-0.39, 0.29) is 5.54 Å². The van der Waals surface area contributed by atoms with Crippen molar-refractivity contribution in [3.63, 3.8) is 0 Å². The second-order valence-corrected chi connectivity index (χ2v) is 6.03. The fraction of sp³-hybridized carbons (Fsp3) is 0.846. The molecule has 0 radical (unpaired) electrons. The van der Waals surface area contributed by atoms with Gasteiger partial charge in [0.25, 0.3) is 0 Å². The first-order valence-corrected chi connectivity index (χ1v) is 5.73. The third-order valence-corrected chi connectivity index (χ3v) is 2.57. The molecule has 0 atom stereocenters.